The van der Waals surface area contributed by atoms with Crippen molar-refractivity contribution in [1.29, 1.82) is 0 Å². The molecule has 6 bridgehead atoms. The van der Waals surface area contributed by atoms with E-state index in [1.54, 1.807) is 44.2 Å². The van der Waals surface area contributed by atoms with Crippen molar-refractivity contribution in [2.75, 3.05) is 44.7 Å². The molecule has 0 saturated carbocycles. The average Bonchev–Trinajstić information content (AvgIpc) is 3.55. The highest BCUT2D eigenvalue weighted by atomic mass is 35.5. The fraction of sp³-hybridized carbons (Fsp3) is 0.636. The normalized spacial score (nSPS) is 29.3. The van der Waals surface area contributed by atoms with E-state index in [9.17, 15) is 47.0 Å². The Morgan fingerprint density at radius 1 is 1.07 bits per heavy atom. The van der Waals surface area contributed by atoms with Crippen molar-refractivity contribution in [2.24, 2.45) is 0 Å². The molecule has 3 saturated heterocycles. The van der Waals surface area contributed by atoms with Gasteiger partial charge in [0.2, 0.25) is 5.91 Å². The number of anilines is 1. The molecule has 0 aromatic heterocycles. The molecule has 0 radical (unpaired) electrons. The van der Waals surface area contributed by atoms with E-state index in [1.807, 2.05) is 6.92 Å². The van der Waals surface area contributed by atoms with Crippen LogP contribution in [0.5, 0.6) is 5.75 Å². The van der Waals surface area contributed by atoms with Crippen LogP contribution in [0.3, 0.4) is 0 Å². The molecule has 3 fully saturated rings. The summed E-state index contributed by atoms with van der Waals surface area (Å²) in [6, 6.07) is -0.133. The van der Waals surface area contributed by atoms with Crippen molar-refractivity contribution in [2.45, 2.75) is 139 Å². The third-order valence-corrected chi connectivity index (χ3v) is 15.2. The average molecular weight is 1010 g/mol. The Morgan fingerprint density at radius 2 is 1.73 bits per heavy atom. The van der Waals surface area contributed by atoms with E-state index in [0.717, 1.165) is 28.3 Å². The highest BCUT2D eigenvalue weighted by Crippen LogP contribution is 2.51. The van der Waals surface area contributed by atoms with E-state index in [2.05, 4.69) is 5.32 Å². The minimum atomic E-state index is -4.76. The van der Waals surface area contributed by atoms with Crippen LogP contribution in [0.4, 0.5) is 23.7 Å². The number of carbonyl (C=O) groups is 6. The number of nitrogens with zero attached hydrogens (tertiary/aromatic N) is 3. The molecule has 17 nitrogen and oxygen atoms in total. The minimum Gasteiger partial charge on any atom is -0.495 e. The summed E-state index contributed by atoms with van der Waals surface area (Å²) >= 11 is 6.76. The molecule has 23 heteroatoms. The third kappa shape index (κ3) is 13.0. The fourth-order valence-corrected chi connectivity index (χ4v) is 11.0. The van der Waals surface area contributed by atoms with E-state index in [1.165, 1.54) is 43.9 Å². The van der Waals surface area contributed by atoms with Crippen LogP contribution >= 0.6 is 33.2 Å². The number of rotatable bonds is 15. The number of imide groups is 1. The molecule has 0 spiro atoms. The van der Waals surface area contributed by atoms with E-state index in [0.29, 0.717) is 22.8 Å². The number of benzene rings is 1. The van der Waals surface area contributed by atoms with Gasteiger partial charge in [0.05, 0.1) is 19.2 Å². The van der Waals surface area contributed by atoms with Gasteiger partial charge in [0.1, 0.15) is 52.4 Å². The second kappa shape index (κ2) is 22.1. The number of halogens is 4. The molecule has 5 aliphatic rings. The van der Waals surface area contributed by atoms with Gasteiger partial charge in [-0.25, -0.2) is 9.59 Å². The van der Waals surface area contributed by atoms with Crippen LogP contribution < -0.4 is 15.0 Å². The summed E-state index contributed by atoms with van der Waals surface area (Å²) in [5, 5.41) is 14.8. The molecule has 67 heavy (non-hydrogen) atoms. The van der Waals surface area contributed by atoms with Gasteiger partial charge in [0.15, 0.2) is 5.72 Å². The van der Waals surface area contributed by atoms with Gasteiger partial charge in [-0.2, -0.15) is 13.2 Å². The van der Waals surface area contributed by atoms with Crippen LogP contribution in [0.1, 0.15) is 84.6 Å². The molecule has 1 aromatic rings. The van der Waals surface area contributed by atoms with Crippen LogP contribution in [0.2, 0.25) is 5.02 Å². The molecule has 2 unspecified atom stereocenters. The lowest BCUT2D eigenvalue weighted by atomic mass is 9.72. The zero-order chi connectivity index (χ0) is 49.6. The maximum atomic E-state index is 14.6. The standard InChI is InChI=1S/C44H58ClF3N4O13S2/c1-25-11-9-12-31(61-8)43(59)23-33(63-40(58)49-43)42(4)24-41(3,65-42)32(22-36(55)51(6)28-20-27(19-25)21-29(60-7)38(28)45)62-39(57)26(2)50(5)30(44(46,47)48)16-18-67-66-17-10-13-37(56)64-52-34(53)14-15-35(52)54/h9,11-12,20-21,26,30-33,59H,10,13-19,22-24H2,1-8H3,(H,49,58)/b12-9+,25-11+/t26-,30?,31+,32-,33?,41+,42+,43-/m0/s1. The van der Waals surface area contributed by atoms with E-state index in [-0.39, 0.29) is 60.7 Å². The Kier molecular flexibility index (Phi) is 17.8. The topological polar surface area (TPSA) is 200 Å². The Morgan fingerprint density at radius 3 is 2.36 bits per heavy atom. The van der Waals surface area contributed by atoms with Crippen molar-refractivity contribution in [1.82, 2.24) is 15.3 Å². The fourth-order valence-electron chi connectivity index (χ4n) is 8.53. The smallest absolute Gasteiger partial charge is 0.409 e. The number of fused-ring (bicyclic) bond motifs is 6. The number of likely N-dealkylation sites (N-methyl/N-ethyl adjacent to an activating group) is 1. The summed E-state index contributed by atoms with van der Waals surface area (Å²) in [4.78, 5) is 83.7. The lowest BCUT2D eigenvalue weighted by Gasteiger charge is -2.59. The molecule has 372 valence electrons. The van der Waals surface area contributed by atoms with Gasteiger partial charge in [0.25, 0.3) is 11.8 Å². The first-order valence-corrected chi connectivity index (χ1v) is 24.4. The Labute approximate surface area is 400 Å². The van der Waals surface area contributed by atoms with Crippen molar-refractivity contribution < 1.29 is 75.6 Å². The van der Waals surface area contributed by atoms with E-state index in [4.69, 9.17) is 40.1 Å². The molecule has 5 aliphatic heterocycles. The van der Waals surface area contributed by atoms with Crippen molar-refractivity contribution >= 4 is 74.6 Å². The minimum absolute atomic E-state index is 0.00567. The SMILES string of the molecule is COc1cc2cc(c1Cl)N(C)C(=O)C[C@H](OC(=O)[C@H](C)N(C)C(CCSSCCCC(=O)ON1C(=O)CCC1=O)C(F)(F)F)[C@@]1(C)C[C@@](C)(O1)C1C[C@@](O)(NC(=O)O1)[C@H](OC)/C=C/C=C(\C)C2. The number of alkyl halides is 3. The molecular weight excluding hydrogens is 949 g/mol. The number of esters is 1. The lowest BCUT2D eigenvalue weighted by molar-refractivity contribution is -0.328. The van der Waals surface area contributed by atoms with Gasteiger partial charge in [-0.15, -0.1) is 5.06 Å². The van der Waals surface area contributed by atoms with Crippen molar-refractivity contribution in [3.8, 4) is 5.75 Å². The summed E-state index contributed by atoms with van der Waals surface area (Å²) in [5.74, 6) is -2.98. The largest absolute Gasteiger partial charge is 0.495 e. The van der Waals surface area contributed by atoms with Crippen molar-refractivity contribution in [3.63, 3.8) is 0 Å². The number of hydrogen-bond donors (Lipinski definition) is 2. The maximum Gasteiger partial charge on any atom is 0.409 e. The summed E-state index contributed by atoms with van der Waals surface area (Å²) in [6.45, 7) is 6.33. The predicted molar refractivity (Wildman–Crippen MR) is 242 cm³/mol. The van der Waals surface area contributed by atoms with Crippen LogP contribution in [0.25, 0.3) is 0 Å². The maximum absolute atomic E-state index is 14.6. The molecule has 1 aromatic carbocycles. The Balaban J connectivity index is 1.33. The number of aliphatic hydroxyl groups is 1. The number of nitrogens with one attached hydrogen (secondary N) is 1. The number of methoxy groups -OCH3 is 2. The van der Waals surface area contributed by atoms with Gasteiger partial charge < -0.3 is 38.5 Å². The summed E-state index contributed by atoms with van der Waals surface area (Å²) in [7, 11) is 7.80. The first-order valence-electron chi connectivity index (χ1n) is 21.6. The zero-order valence-electron chi connectivity index (χ0n) is 38.6. The van der Waals surface area contributed by atoms with Gasteiger partial charge in [-0.3, -0.25) is 29.4 Å². The monoisotopic (exact) mass is 1010 g/mol. The molecule has 2 N–H and O–H groups in total. The third-order valence-electron chi connectivity index (χ3n) is 12.3. The summed E-state index contributed by atoms with van der Waals surface area (Å²) in [5.41, 5.74) is -2.88. The van der Waals surface area contributed by atoms with Gasteiger partial charge in [-0.05, 0) is 71.7 Å². The molecule has 8 atom stereocenters. The van der Waals surface area contributed by atoms with Gasteiger partial charge in [-0.1, -0.05) is 57.0 Å². The second-order valence-corrected chi connectivity index (χ2v) is 20.6. The molecule has 5 heterocycles. The number of amides is 4. The van der Waals surface area contributed by atoms with Crippen LogP contribution in [0, 0.1) is 0 Å². The number of hydrogen-bond acceptors (Lipinski definition) is 16. The van der Waals surface area contributed by atoms with Crippen LogP contribution in [0.15, 0.2) is 35.9 Å². The quantitative estimate of drug-likeness (QED) is 0.0868. The number of allylic oxidation sites excluding steroid dienone is 3. The van der Waals surface area contributed by atoms with E-state index < -0.39 is 102 Å². The van der Waals surface area contributed by atoms with Crippen LogP contribution in [-0.2, 0) is 54.2 Å². The highest BCUT2D eigenvalue weighted by Gasteiger charge is 2.63. The Bertz CT molecular complexity index is 2090. The van der Waals surface area contributed by atoms with Crippen molar-refractivity contribution in [3.05, 3.63) is 46.5 Å². The number of carbonyl (C=O) groups excluding carboxylic acids is 6. The zero-order valence-corrected chi connectivity index (χ0v) is 41.0. The predicted octanol–water partition coefficient (Wildman–Crippen LogP) is 6.22. The second-order valence-electron chi connectivity index (χ2n) is 17.5. The van der Waals surface area contributed by atoms with Gasteiger partial charge >= 0.3 is 24.2 Å². The molecule has 6 rings (SSSR count). The van der Waals surface area contributed by atoms with Gasteiger partial charge in [0, 0.05) is 57.8 Å². The first kappa shape index (κ1) is 53.9. The first-order chi connectivity index (χ1) is 31.3. The lowest BCUT2D eigenvalue weighted by Crippen LogP contribution is -2.72. The summed E-state index contributed by atoms with van der Waals surface area (Å²) in [6.07, 6.45) is -4.82. The summed E-state index contributed by atoms with van der Waals surface area (Å²) < 4.78 is 73.2. The molecule has 0 aliphatic carbocycles. The van der Waals surface area contributed by atoms with E-state index >= 15 is 0 Å². The molecule has 4 amide bonds. The Hall–Kier alpha value is -4.06. The molecular formula is C44H58ClF3N4O13S2. The highest BCUT2D eigenvalue weighted by molar-refractivity contribution is 8.76. The van der Waals surface area contributed by atoms with Crippen LogP contribution in [-0.4, -0.2) is 144 Å². The number of alkyl carbamates (subject to hydrolysis) is 1. The number of ether oxygens (including phenoxy) is 5. The number of hydroxylamine groups is 2.